The van der Waals surface area contributed by atoms with Crippen LogP contribution in [-0.2, 0) is 27.8 Å². The molecule has 0 spiro atoms. The summed E-state index contributed by atoms with van der Waals surface area (Å²) in [4.78, 5) is 20.1. The van der Waals surface area contributed by atoms with E-state index in [2.05, 4.69) is 15.3 Å². The molecule has 0 aliphatic rings. The van der Waals surface area contributed by atoms with Gasteiger partial charge in [-0.15, -0.1) is 0 Å². The molecule has 182 valence electrons. The summed E-state index contributed by atoms with van der Waals surface area (Å²) in [5.74, 6) is 0.0155. The average molecular weight is 488 g/mol. The van der Waals surface area contributed by atoms with Gasteiger partial charge in [0, 0.05) is 51.6 Å². The van der Waals surface area contributed by atoms with Crippen LogP contribution in [0, 0.1) is 0 Å². The Morgan fingerprint density at radius 3 is 2.59 bits per heavy atom. The molecular weight excluding hydrogens is 458 g/mol. The van der Waals surface area contributed by atoms with Gasteiger partial charge in [0.15, 0.2) is 0 Å². The minimum absolute atomic E-state index is 0.188. The van der Waals surface area contributed by atoms with E-state index >= 15 is 0 Å². The SMILES string of the molecule is CNc1cccc(CCOc2ccc(CC(CC(=O)O)c3nccn3S(=O)(=O)N(C)C)cc2)n1. The maximum atomic E-state index is 12.6. The van der Waals surface area contributed by atoms with Crippen molar-refractivity contribution < 1.29 is 23.1 Å². The van der Waals surface area contributed by atoms with Crippen LogP contribution in [0.3, 0.4) is 0 Å². The number of carboxylic acid groups (broad SMARTS) is 1. The molecule has 0 aliphatic carbocycles. The normalized spacial score (nSPS) is 12.5. The summed E-state index contributed by atoms with van der Waals surface area (Å²) in [6, 6.07) is 13.1. The molecule has 1 aromatic carbocycles. The fraction of sp³-hybridized carbons (Fsp3) is 0.348. The Kier molecular flexibility index (Phi) is 8.24. The molecule has 3 aromatic rings. The first-order valence-corrected chi connectivity index (χ1v) is 12.1. The largest absolute Gasteiger partial charge is 0.493 e. The van der Waals surface area contributed by atoms with Crippen LogP contribution >= 0.6 is 0 Å². The summed E-state index contributed by atoms with van der Waals surface area (Å²) in [5.41, 5.74) is 1.77. The van der Waals surface area contributed by atoms with Crippen molar-refractivity contribution in [3.63, 3.8) is 0 Å². The highest BCUT2D eigenvalue weighted by molar-refractivity contribution is 7.87. The van der Waals surface area contributed by atoms with Gasteiger partial charge in [-0.2, -0.15) is 12.7 Å². The van der Waals surface area contributed by atoms with Gasteiger partial charge < -0.3 is 15.2 Å². The van der Waals surface area contributed by atoms with Gasteiger partial charge in [0.1, 0.15) is 17.4 Å². The lowest BCUT2D eigenvalue weighted by atomic mass is 9.95. The van der Waals surface area contributed by atoms with Gasteiger partial charge >= 0.3 is 16.2 Å². The number of hydrogen-bond acceptors (Lipinski definition) is 7. The van der Waals surface area contributed by atoms with Crippen LogP contribution in [0.15, 0.2) is 54.9 Å². The molecule has 0 fully saturated rings. The minimum atomic E-state index is -3.82. The predicted octanol–water partition coefficient (Wildman–Crippen LogP) is 2.40. The summed E-state index contributed by atoms with van der Waals surface area (Å²) < 4.78 is 33.1. The Balaban J connectivity index is 1.68. The van der Waals surface area contributed by atoms with Crippen molar-refractivity contribution >= 4 is 22.0 Å². The first-order valence-electron chi connectivity index (χ1n) is 10.7. The summed E-state index contributed by atoms with van der Waals surface area (Å²) in [6.07, 6.45) is 3.41. The van der Waals surface area contributed by atoms with E-state index < -0.39 is 22.1 Å². The fourth-order valence-corrected chi connectivity index (χ4v) is 4.46. The van der Waals surface area contributed by atoms with E-state index in [1.165, 1.54) is 26.5 Å². The zero-order valence-corrected chi connectivity index (χ0v) is 20.2. The van der Waals surface area contributed by atoms with Gasteiger partial charge in [-0.05, 0) is 36.2 Å². The van der Waals surface area contributed by atoms with Gasteiger partial charge in [0.2, 0.25) is 0 Å². The number of benzene rings is 1. The molecule has 10 nitrogen and oxygen atoms in total. The number of ether oxygens (including phenoxy) is 1. The van der Waals surface area contributed by atoms with E-state index in [1.54, 1.807) is 0 Å². The van der Waals surface area contributed by atoms with Gasteiger partial charge in [0.05, 0.1) is 13.0 Å². The number of rotatable bonds is 12. The third-order valence-electron chi connectivity index (χ3n) is 5.23. The molecule has 2 aromatic heterocycles. The molecule has 1 atom stereocenters. The van der Waals surface area contributed by atoms with Gasteiger partial charge in [-0.1, -0.05) is 18.2 Å². The Bertz CT molecular complexity index is 1210. The zero-order chi connectivity index (χ0) is 24.7. The molecule has 0 saturated heterocycles. The third kappa shape index (κ3) is 6.33. The van der Waals surface area contributed by atoms with Crippen LogP contribution in [0.25, 0.3) is 0 Å². The van der Waals surface area contributed by atoms with Crippen molar-refractivity contribution in [2.45, 2.75) is 25.2 Å². The predicted molar refractivity (Wildman–Crippen MR) is 128 cm³/mol. The fourth-order valence-electron chi connectivity index (χ4n) is 3.46. The maximum absolute atomic E-state index is 12.6. The number of aliphatic carboxylic acids is 1. The molecule has 34 heavy (non-hydrogen) atoms. The van der Waals surface area contributed by atoms with Crippen molar-refractivity contribution in [1.29, 1.82) is 0 Å². The first-order chi connectivity index (χ1) is 16.2. The zero-order valence-electron chi connectivity index (χ0n) is 19.4. The molecule has 3 rings (SSSR count). The van der Waals surface area contributed by atoms with E-state index in [0.717, 1.165) is 25.4 Å². The van der Waals surface area contributed by atoms with Crippen molar-refractivity contribution in [3.05, 3.63) is 71.9 Å². The number of carbonyl (C=O) groups is 1. The highest BCUT2D eigenvalue weighted by Crippen LogP contribution is 2.26. The quantitative estimate of drug-likeness (QED) is 0.399. The molecule has 1 unspecified atom stereocenters. The standard InChI is InChI=1S/C23H29N5O5S/c1-24-21-6-4-5-19(26-21)11-14-33-20-9-7-17(8-10-20)15-18(16-22(29)30)23-25-12-13-28(23)34(31,32)27(2)3/h4-10,12-13,18H,11,14-16H2,1-3H3,(H,24,26)(H,29,30). The molecule has 0 saturated carbocycles. The van der Waals surface area contributed by atoms with Gasteiger partial charge in [-0.3, -0.25) is 4.79 Å². The molecular formula is C23H29N5O5S. The molecule has 0 bridgehead atoms. The second kappa shape index (κ2) is 11.1. The van der Waals surface area contributed by atoms with E-state index in [4.69, 9.17) is 4.74 Å². The number of imidazole rings is 1. The van der Waals surface area contributed by atoms with E-state index in [9.17, 15) is 18.3 Å². The summed E-state index contributed by atoms with van der Waals surface area (Å²) in [5, 5.41) is 12.4. The summed E-state index contributed by atoms with van der Waals surface area (Å²) >= 11 is 0. The number of carboxylic acids is 1. The lowest BCUT2D eigenvalue weighted by Gasteiger charge is -2.19. The van der Waals surface area contributed by atoms with Crippen LogP contribution in [0.5, 0.6) is 5.75 Å². The van der Waals surface area contributed by atoms with Crippen LogP contribution in [0.1, 0.15) is 29.4 Å². The number of hydrogen-bond donors (Lipinski definition) is 2. The molecule has 2 N–H and O–H groups in total. The van der Waals surface area contributed by atoms with Crippen molar-refractivity contribution in [2.75, 3.05) is 33.1 Å². The maximum Gasteiger partial charge on any atom is 0.308 e. The number of aromatic nitrogens is 3. The smallest absolute Gasteiger partial charge is 0.308 e. The van der Waals surface area contributed by atoms with Gasteiger partial charge in [-0.25, -0.2) is 13.9 Å². The van der Waals surface area contributed by atoms with E-state index in [-0.39, 0.29) is 12.2 Å². The Hall–Kier alpha value is -3.44. The molecule has 0 amide bonds. The number of anilines is 1. The second-order valence-corrected chi connectivity index (χ2v) is 9.90. The highest BCUT2D eigenvalue weighted by atomic mass is 32.2. The van der Waals surface area contributed by atoms with Crippen molar-refractivity contribution in [3.8, 4) is 5.75 Å². The van der Waals surface area contributed by atoms with Crippen LogP contribution in [0.2, 0.25) is 0 Å². The molecule has 2 heterocycles. The monoisotopic (exact) mass is 487 g/mol. The first kappa shape index (κ1) is 25.2. The summed E-state index contributed by atoms with van der Waals surface area (Å²) in [7, 11) is 0.831. The average Bonchev–Trinajstić information content (AvgIpc) is 3.30. The van der Waals surface area contributed by atoms with E-state index in [1.807, 2.05) is 49.5 Å². The lowest BCUT2D eigenvalue weighted by molar-refractivity contribution is -0.137. The van der Waals surface area contributed by atoms with Crippen LogP contribution in [0.4, 0.5) is 5.82 Å². The summed E-state index contributed by atoms with van der Waals surface area (Å²) in [6.45, 7) is 0.459. The second-order valence-electron chi connectivity index (χ2n) is 7.88. The molecule has 11 heteroatoms. The number of nitrogens with one attached hydrogen (secondary N) is 1. The number of nitrogens with zero attached hydrogens (tertiary/aromatic N) is 4. The Morgan fingerprint density at radius 2 is 1.94 bits per heavy atom. The van der Waals surface area contributed by atoms with Gasteiger partial charge in [0.25, 0.3) is 0 Å². The topological polar surface area (TPSA) is 127 Å². The molecule has 0 aliphatic heterocycles. The number of pyridine rings is 1. The van der Waals surface area contributed by atoms with E-state index in [0.29, 0.717) is 25.2 Å². The highest BCUT2D eigenvalue weighted by Gasteiger charge is 2.27. The van der Waals surface area contributed by atoms with Crippen molar-refractivity contribution in [1.82, 2.24) is 18.2 Å². The van der Waals surface area contributed by atoms with Crippen molar-refractivity contribution in [2.24, 2.45) is 0 Å². The van der Waals surface area contributed by atoms with Crippen LogP contribution < -0.4 is 10.1 Å². The lowest BCUT2D eigenvalue weighted by Crippen LogP contribution is -2.31. The Morgan fingerprint density at radius 1 is 1.21 bits per heavy atom. The molecule has 0 radical (unpaired) electrons. The third-order valence-corrected chi connectivity index (χ3v) is 6.95. The minimum Gasteiger partial charge on any atom is -0.493 e. The van der Waals surface area contributed by atoms with Crippen LogP contribution in [-0.4, -0.2) is 65.5 Å². The Labute approximate surface area is 199 Å².